The van der Waals surface area contributed by atoms with Gasteiger partial charge in [0.15, 0.2) is 5.96 Å². The van der Waals surface area contributed by atoms with E-state index in [0.29, 0.717) is 19.1 Å². The molecule has 1 aromatic rings. The van der Waals surface area contributed by atoms with E-state index < -0.39 is 6.10 Å². The van der Waals surface area contributed by atoms with Crippen molar-refractivity contribution in [2.24, 2.45) is 10.9 Å². The second kappa shape index (κ2) is 11.0. The number of hydrogen-bond acceptors (Lipinski definition) is 4. The number of guanidine groups is 1. The first kappa shape index (κ1) is 20.5. The third kappa shape index (κ3) is 8.06. The summed E-state index contributed by atoms with van der Waals surface area (Å²) in [6, 6.07) is 7.54. The highest BCUT2D eigenvalue weighted by molar-refractivity contribution is 5.79. The van der Waals surface area contributed by atoms with Gasteiger partial charge in [-0.25, -0.2) is 0 Å². The van der Waals surface area contributed by atoms with Gasteiger partial charge in [-0.2, -0.15) is 0 Å². The van der Waals surface area contributed by atoms with Crippen molar-refractivity contribution in [2.45, 2.75) is 45.8 Å². The minimum atomic E-state index is -0.674. The number of benzene rings is 1. The summed E-state index contributed by atoms with van der Waals surface area (Å²) in [6.07, 6.45) is 2.04. The van der Waals surface area contributed by atoms with Crippen LogP contribution in [0.25, 0.3) is 0 Å². The van der Waals surface area contributed by atoms with Gasteiger partial charge >= 0.3 is 0 Å². The van der Waals surface area contributed by atoms with Crippen LogP contribution in [-0.2, 0) is 4.74 Å². The Morgan fingerprint density at radius 3 is 2.81 bits per heavy atom. The van der Waals surface area contributed by atoms with E-state index in [2.05, 4.69) is 15.6 Å². The molecule has 6 heteroatoms. The van der Waals surface area contributed by atoms with E-state index >= 15 is 0 Å². The van der Waals surface area contributed by atoms with Crippen molar-refractivity contribution in [3.05, 3.63) is 29.8 Å². The van der Waals surface area contributed by atoms with Crippen LogP contribution in [0.2, 0.25) is 0 Å². The number of nitrogens with zero attached hydrogens (tertiary/aromatic N) is 1. The highest BCUT2D eigenvalue weighted by Crippen LogP contribution is 2.28. The van der Waals surface area contributed by atoms with E-state index in [0.717, 1.165) is 30.4 Å². The molecule has 0 radical (unpaired) electrons. The fraction of sp³-hybridized carbons (Fsp3) is 0.650. The van der Waals surface area contributed by atoms with E-state index in [9.17, 15) is 5.11 Å². The highest BCUT2D eigenvalue weighted by atomic mass is 16.5. The SMILES string of the molecule is CCNC(=NCC(O)c1cccc(OC(C)C)c1)NCCOCC1CC1. The molecular formula is C20H33N3O3. The summed E-state index contributed by atoms with van der Waals surface area (Å²) in [5.41, 5.74) is 0.801. The fourth-order valence-electron chi connectivity index (χ4n) is 2.47. The minimum absolute atomic E-state index is 0.104. The van der Waals surface area contributed by atoms with Crippen LogP contribution in [0.4, 0.5) is 0 Å². The van der Waals surface area contributed by atoms with Crippen LogP contribution >= 0.6 is 0 Å². The van der Waals surface area contributed by atoms with E-state index in [1.807, 2.05) is 45.0 Å². The monoisotopic (exact) mass is 363 g/mol. The fourth-order valence-corrected chi connectivity index (χ4v) is 2.47. The molecule has 146 valence electrons. The molecule has 0 spiro atoms. The first-order valence-corrected chi connectivity index (χ1v) is 9.63. The summed E-state index contributed by atoms with van der Waals surface area (Å²) in [5, 5.41) is 16.9. The van der Waals surface area contributed by atoms with Crippen molar-refractivity contribution in [3.63, 3.8) is 0 Å². The number of hydrogen-bond donors (Lipinski definition) is 3. The van der Waals surface area contributed by atoms with Gasteiger partial charge in [0.05, 0.1) is 25.4 Å². The van der Waals surface area contributed by atoms with Gasteiger partial charge in [0.1, 0.15) is 5.75 Å². The van der Waals surface area contributed by atoms with Crippen LogP contribution in [0, 0.1) is 5.92 Å². The molecule has 1 atom stereocenters. The topological polar surface area (TPSA) is 75.1 Å². The summed E-state index contributed by atoms with van der Waals surface area (Å²) in [5.74, 6) is 2.23. The van der Waals surface area contributed by atoms with Gasteiger partial charge in [0, 0.05) is 19.7 Å². The predicted octanol–water partition coefficient (Wildman–Crippen LogP) is 2.49. The standard InChI is InChI=1S/C20H33N3O3/c1-4-21-20(22-10-11-25-14-16-8-9-16)23-13-19(24)17-6-5-7-18(12-17)26-15(2)3/h5-7,12,15-16,19,24H,4,8-11,13-14H2,1-3H3,(H2,21,22,23). The maximum absolute atomic E-state index is 10.4. The Balaban J connectivity index is 1.80. The van der Waals surface area contributed by atoms with Crippen LogP contribution in [0.5, 0.6) is 5.75 Å². The molecule has 26 heavy (non-hydrogen) atoms. The van der Waals surface area contributed by atoms with Crippen LogP contribution < -0.4 is 15.4 Å². The lowest BCUT2D eigenvalue weighted by Crippen LogP contribution is -2.39. The Bertz CT molecular complexity index is 559. The maximum atomic E-state index is 10.4. The van der Waals surface area contributed by atoms with Crippen molar-refractivity contribution in [3.8, 4) is 5.75 Å². The van der Waals surface area contributed by atoms with Crippen LogP contribution in [0.15, 0.2) is 29.3 Å². The van der Waals surface area contributed by atoms with E-state index in [-0.39, 0.29) is 12.6 Å². The summed E-state index contributed by atoms with van der Waals surface area (Å²) < 4.78 is 11.3. The minimum Gasteiger partial charge on any atom is -0.491 e. The molecule has 0 bridgehead atoms. The quantitative estimate of drug-likeness (QED) is 0.320. The van der Waals surface area contributed by atoms with Crippen molar-refractivity contribution < 1.29 is 14.6 Å². The maximum Gasteiger partial charge on any atom is 0.191 e. The Hall–Kier alpha value is -1.79. The number of ether oxygens (including phenoxy) is 2. The molecule has 1 aromatic carbocycles. The normalized spacial score (nSPS) is 15.8. The second-order valence-corrected chi connectivity index (χ2v) is 6.92. The number of aliphatic hydroxyl groups excluding tert-OH is 1. The Labute approximate surface area is 157 Å². The van der Waals surface area contributed by atoms with E-state index in [4.69, 9.17) is 9.47 Å². The number of aliphatic hydroxyl groups is 1. The van der Waals surface area contributed by atoms with Gasteiger partial charge in [0.25, 0.3) is 0 Å². The number of aliphatic imine (C=N–C) groups is 1. The first-order chi connectivity index (χ1) is 12.6. The first-order valence-electron chi connectivity index (χ1n) is 9.63. The lowest BCUT2D eigenvalue weighted by atomic mass is 10.1. The summed E-state index contributed by atoms with van der Waals surface area (Å²) >= 11 is 0. The van der Waals surface area contributed by atoms with Gasteiger partial charge in [-0.1, -0.05) is 12.1 Å². The summed E-state index contributed by atoms with van der Waals surface area (Å²) in [6.45, 7) is 9.26. The molecular weight excluding hydrogens is 330 g/mol. The Morgan fingerprint density at radius 1 is 1.31 bits per heavy atom. The molecule has 0 saturated heterocycles. The lowest BCUT2D eigenvalue weighted by molar-refractivity contribution is 0.129. The highest BCUT2D eigenvalue weighted by Gasteiger charge is 2.20. The molecule has 1 aliphatic rings. The van der Waals surface area contributed by atoms with Gasteiger partial charge in [0.2, 0.25) is 0 Å². The molecule has 1 fully saturated rings. The molecule has 0 amide bonds. The van der Waals surface area contributed by atoms with Gasteiger partial charge in [-0.05, 0) is 57.2 Å². The summed E-state index contributed by atoms with van der Waals surface area (Å²) in [4.78, 5) is 4.47. The van der Waals surface area contributed by atoms with Gasteiger partial charge < -0.3 is 25.2 Å². The zero-order valence-corrected chi connectivity index (χ0v) is 16.2. The second-order valence-electron chi connectivity index (χ2n) is 6.92. The Morgan fingerprint density at radius 2 is 2.12 bits per heavy atom. The van der Waals surface area contributed by atoms with Gasteiger partial charge in [-0.15, -0.1) is 0 Å². The Kier molecular flexibility index (Phi) is 8.71. The lowest BCUT2D eigenvalue weighted by Gasteiger charge is -2.15. The molecule has 1 aliphatic carbocycles. The number of rotatable bonds is 11. The average Bonchev–Trinajstić information content (AvgIpc) is 3.43. The third-order valence-electron chi connectivity index (χ3n) is 3.97. The van der Waals surface area contributed by atoms with Crippen molar-refractivity contribution >= 4 is 5.96 Å². The van der Waals surface area contributed by atoms with Gasteiger partial charge in [-0.3, -0.25) is 4.99 Å². The van der Waals surface area contributed by atoms with E-state index in [1.54, 1.807) is 0 Å². The average molecular weight is 364 g/mol. The smallest absolute Gasteiger partial charge is 0.191 e. The van der Waals surface area contributed by atoms with Crippen molar-refractivity contribution in [1.82, 2.24) is 10.6 Å². The molecule has 6 nitrogen and oxygen atoms in total. The number of nitrogens with one attached hydrogen (secondary N) is 2. The van der Waals surface area contributed by atoms with Crippen molar-refractivity contribution in [2.75, 3.05) is 32.8 Å². The predicted molar refractivity (Wildman–Crippen MR) is 105 cm³/mol. The summed E-state index contributed by atoms with van der Waals surface area (Å²) in [7, 11) is 0. The van der Waals surface area contributed by atoms with Crippen LogP contribution in [0.3, 0.4) is 0 Å². The molecule has 0 aromatic heterocycles. The zero-order valence-electron chi connectivity index (χ0n) is 16.2. The third-order valence-corrected chi connectivity index (χ3v) is 3.97. The largest absolute Gasteiger partial charge is 0.491 e. The van der Waals surface area contributed by atoms with Crippen LogP contribution in [-0.4, -0.2) is 50.0 Å². The van der Waals surface area contributed by atoms with Crippen LogP contribution in [0.1, 0.15) is 45.3 Å². The molecule has 0 aliphatic heterocycles. The molecule has 0 heterocycles. The zero-order chi connectivity index (χ0) is 18.8. The molecule has 1 unspecified atom stereocenters. The molecule has 2 rings (SSSR count). The molecule has 1 saturated carbocycles. The van der Waals surface area contributed by atoms with E-state index in [1.165, 1.54) is 12.8 Å². The molecule has 3 N–H and O–H groups in total. The van der Waals surface area contributed by atoms with Crippen molar-refractivity contribution in [1.29, 1.82) is 0 Å².